The van der Waals surface area contributed by atoms with Crippen LogP contribution in [0.1, 0.15) is 63.0 Å². The summed E-state index contributed by atoms with van der Waals surface area (Å²) in [6.45, 7) is 2.25. The molecule has 0 aromatic heterocycles. The van der Waals surface area contributed by atoms with E-state index in [1.165, 1.54) is 31.2 Å². The molecule has 1 N–H and O–H groups in total. The van der Waals surface area contributed by atoms with E-state index in [2.05, 4.69) is 23.1 Å². The first-order chi connectivity index (χ1) is 11.3. The van der Waals surface area contributed by atoms with E-state index in [1.807, 2.05) is 12.1 Å². The number of likely N-dealkylation sites (tertiary alicyclic amines) is 1. The normalized spacial score (nSPS) is 29.3. The van der Waals surface area contributed by atoms with Crippen molar-refractivity contribution in [2.45, 2.75) is 63.0 Å². The van der Waals surface area contributed by atoms with Crippen LogP contribution < -0.4 is 4.74 Å². The number of benzene rings is 1. The molecule has 1 atom stereocenters. The number of nitrogens with zero attached hydrogens (tertiary/aromatic N) is 1. The molecular weight excluding hydrogens is 286 g/mol. The van der Waals surface area contributed by atoms with Gasteiger partial charge in [-0.3, -0.25) is 4.90 Å². The number of hydrogen-bond acceptors (Lipinski definition) is 3. The quantitative estimate of drug-likeness (QED) is 0.889. The number of aliphatic hydroxyl groups is 1. The smallest absolute Gasteiger partial charge is 0.132 e. The van der Waals surface area contributed by atoms with E-state index in [1.54, 1.807) is 0 Å². The summed E-state index contributed by atoms with van der Waals surface area (Å²) < 4.78 is 6.20. The van der Waals surface area contributed by atoms with E-state index in [0.29, 0.717) is 0 Å². The molecule has 1 aliphatic carbocycles. The molecule has 1 saturated carbocycles. The summed E-state index contributed by atoms with van der Waals surface area (Å²) >= 11 is 0. The largest absolute Gasteiger partial charge is 0.460 e. The molecule has 0 bridgehead atoms. The number of hydrogen-bond donors (Lipinski definition) is 1. The van der Waals surface area contributed by atoms with Crippen LogP contribution in [0.5, 0.6) is 5.75 Å². The van der Waals surface area contributed by atoms with Crippen molar-refractivity contribution in [1.29, 1.82) is 0 Å². The van der Waals surface area contributed by atoms with Gasteiger partial charge in [0.15, 0.2) is 0 Å². The first kappa shape index (κ1) is 15.2. The van der Waals surface area contributed by atoms with Crippen molar-refractivity contribution in [3.05, 3.63) is 41.7 Å². The monoisotopic (exact) mass is 313 g/mol. The summed E-state index contributed by atoms with van der Waals surface area (Å²) in [7, 11) is 0. The molecule has 3 nitrogen and oxygen atoms in total. The average molecular weight is 313 g/mol. The second kappa shape index (κ2) is 6.29. The van der Waals surface area contributed by atoms with Crippen LogP contribution in [0.15, 0.2) is 36.1 Å². The lowest BCUT2D eigenvalue weighted by Crippen LogP contribution is -2.35. The lowest BCUT2D eigenvalue weighted by atomic mass is 9.83. The summed E-state index contributed by atoms with van der Waals surface area (Å²) in [4.78, 5) is 2.54. The predicted octanol–water partition coefficient (Wildman–Crippen LogP) is 4.19. The van der Waals surface area contributed by atoms with Crippen LogP contribution in [0.3, 0.4) is 0 Å². The minimum absolute atomic E-state index is 0.192. The molecule has 124 valence electrons. The van der Waals surface area contributed by atoms with Crippen LogP contribution >= 0.6 is 0 Å². The highest BCUT2D eigenvalue weighted by Gasteiger charge is 2.38. The fourth-order valence-electron chi connectivity index (χ4n) is 4.37. The topological polar surface area (TPSA) is 32.7 Å². The van der Waals surface area contributed by atoms with Gasteiger partial charge < -0.3 is 9.84 Å². The number of para-hydroxylation sites is 1. The SMILES string of the molecule is OC1(/C=C2\Oc3ccccc3C2N2CCCCC2)CCCCC1. The minimum Gasteiger partial charge on any atom is -0.460 e. The van der Waals surface area contributed by atoms with Crippen LogP contribution in [0.4, 0.5) is 0 Å². The molecule has 0 radical (unpaired) electrons. The second-order valence-corrected chi connectivity index (χ2v) is 7.35. The Hall–Kier alpha value is -1.32. The molecule has 1 aromatic rings. The molecule has 2 fully saturated rings. The van der Waals surface area contributed by atoms with Crippen LogP contribution in [-0.2, 0) is 0 Å². The van der Waals surface area contributed by atoms with E-state index in [0.717, 1.165) is 50.3 Å². The molecule has 0 amide bonds. The van der Waals surface area contributed by atoms with Gasteiger partial charge in [-0.05, 0) is 50.9 Å². The molecule has 2 aliphatic heterocycles. The maximum atomic E-state index is 11.0. The summed E-state index contributed by atoms with van der Waals surface area (Å²) in [5.74, 6) is 1.92. The Morgan fingerprint density at radius 1 is 1.00 bits per heavy atom. The third-order valence-electron chi connectivity index (χ3n) is 5.60. The first-order valence-electron chi connectivity index (χ1n) is 9.21. The molecule has 2 heterocycles. The fraction of sp³-hybridized carbons (Fsp3) is 0.600. The summed E-state index contributed by atoms with van der Waals surface area (Å²) in [5, 5.41) is 11.0. The zero-order valence-electron chi connectivity index (χ0n) is 13.8. The zero-order valence-corrected chi connectivity index (χ0v) is 13.8. The Kier molecular flexibility index (Phi) is 4.16. The van der Waals surface area contributed by atoms with Gasteiger partial charge in [-0.25, -0.2) is 0 Å². The predicted molar refractivity (Wildman–Crippen MR) is 91.4 cm³/mol. The number of fused-ring (bicyclic) bond motifs is 1. The first-order valence-corrected chi connectivity index (χ1v) is 9.21. The Labute approximate surface area is 139 Å². The molecule has 1 unspecified atom stereocenters. The molecule has 23 heavy (non-hydrogen) atoms. The number of rotatable bonds is 2. The highest BCUT2D eigenvalue weighted by molar-refractivity contribution is 5.46. The lowest BCUT2D eigenvalue weighted by Gasteiger charge is -2.34. The lowest BCUT2D eigenvalue weighted by molar-refractivity contribution is 0.0465. The van der Waals surface area contributed by atoms with Gasteiger partial charge >= 0.3 is 0 Å². The number of piperidine rings is 1. The van der Waals surface area contributed by atoms with Crippen molar-refractivity contribution in [3.63, 3.8) is 0 Å². The van der Waals surface area contributed by atoms with Gasteiger partial charge in [0.25, 0.3) is 0 Å². The van der Waals surface area contributed by atoms with Gasteiger partial charge in [-0.1, -0.05) is 43.9 Å². The Balaban J connectivity index is 1.67. The highest BCUT2D eigenvalue weighted by atomic mass is 16.5. The van der Waals surface area contributed by atoms with Gasteiger partial charge in [0.1, 0.15) is 11.5 Å². The molecule has 1 aromatic carbocycles. The minimum atomic E-state index is -0.677. The van der Waals surface area contributed by atoms with Gasteiger partial charge in [-0.15, -0.1) is 0 Å². The molecule has 1 saturated heterocycles. The van der Waals surface area contributed by atoms with Gasteiger partial charge in [-0.2, -0.15) is 0 Å². The highest BCUT2D eigenvalue weighted by Crippen LogP contribution is 2.45. The fourth-order valence-corrected chi connectivity index (χ4v) is 4.37. The van der Waals surface area contributed by atoms with Crippen molar-refractivity contribution >= 4 is 0 Å². The maximum Gasteiger partial charge on any atom is 0.132 e. The number of ether oxygens (including phenoxy) is 1. The van der Waals surface area contributed by atoms with E-state index in [-0.39, 0.29) is 6.04 Å². The second-order valence-electron chi connectivity index (χ2n) is 7.35. The standard InChI is InChI=1S/C20H27NO2/c22-20(11-5-1-6-12-20)15-18-19(21-13-7-2-8-14-21)16-9-3-4-10-17(16)23-18/h3-4,9-10,15,19,22H,1-2,5-8,11-14H2/b18-15-. The van der Waals surface area contributed by atoms with Crippen molar-refractivity contribution in [2.75, 3.05) is 13.1 Å². The van der Waals surface area contributed by atoms with Crippen molar-refractivity contribution in [1.82, 2.24) is 4.90 Å². The summed E-state index contributed by atoms with van der Waals surface area (Å²) in [6.07, 6.45) is 11.1. The summed E-state index contributed by atoms with van der Waals surface area (Å²) in [6, 6.07) is 8.55. The van der Waals surface area contributed by atoms with E-state index in [4.69, 9.17) is 4.74 Å². The van der Waals surface area contributed by atoms with Gasteiger partial charge in [0.2, 0.25) is 0 Å². The Morgan fingerprint density at radius 3 is 2.48 bits per heavy atom. The Bertz CT molecular complexity index is 583. The molecule has 3 aliphatic rings. The average Bonchev–Trinajstić information content (AvgIpc) is 2.93. The van der Waals surface area contributed by atoms with Gasteiger partial charge in [0, 0.05) is 5.56 Å². The van der Waals surface area contributed by atoms with Crippen LogP contribution in [0, 0.1) is 0 Å². The van der Waals surface area contributed by atoms with Crippen LogP contribution in [-0.4, -0.2) is 28.7 Å². The molecule has 4 rings (SSSR count). The molecule has 3 heteroatoms. The van der Waals surface area contributed by atoms with E-state index < -0.39 is 5.60 Å². The summed E-state index contributed by atoms with van der Waals surface area (Å²) in [5.41, 5.74) is 0.587. The van der Waals surface area contributed by atoms with E-state index in [9.17, 15) is 5.11 Å². The molecule has 0 spiro atoms. The van der Waals surface area contributed by atoms with Gasteiger partial charge in [0.05, 0.1) is 11.6 Å². The zero-order chi connectivity index (χ0) is 15.7. The van der Waals surface area contributed by atoms with E-state index >= 15 is 0 Å². The van der Waals surface area contributed by atoms with Crippen LogP contribution in [0.2, 0.25) is 0 Å². The van der Waals surface area contributed by atoms with Crippen LogP contribution in [0.25, 0.3) is 0 Å². The Morgan fingerprint density at radius 2 is 1.70 bits per heavy atom. The van der Waals surface area contributed by atoms with Crippen molar-refractivity contribution < 1.29 is 9.84 Å². The van der Waals surface area contributed by atoms with Crippen molar-refractivity contribution in [2.24, 2.45) is 0 Å². The molecular formula is C20H27NO2. The third-order valence-corrected chi connectivity index (χ3v) is 5.60. The maximum absolute atomic E-state index is 11.0. The van der Waals surface area contributed by atoms with Crippen molar-refractivity contribution in [3.8, 4) is 5.75 Å². The third kappa shape index (κ3) is 3.05.